The molecule has 5 heteroatoms. The number of pyridine rings is 1. The highest BCUT2D eigenvalue weighted by Gasteiger charge is 2.07. The van der Waals surface area contributed by atoms with Gasteiger partial charge in [0.25, 0.3) is 5.56 Å². The van der Waals surface area contributed by atoms with Crippen molar-refractivity contribution in [2.75, 3.05) is 0 Å². The van der Waals surface area contributed by atoms with Crippen LogP contribution in [0.1, 0.15) is 15.9 Å². The Balaban J connectivity index is 2.66. The number of nitrogens with zero attached hydrogens (tertiary/aromatic N) is 1. The Morgan fingerprint density at radius 1 is 1.28 bits per heavy atom. The summed E-state index contributed by atoms with van der Waals surface area (Å²) in [6, 6.07) is 8.04. The third kappa shape index (κ3) is 2.51. The second kappa shape index (κ2) is 4.78. The van der Waals surface area contributed by atoms with Gasteiger partial charge in [0.2, 0.25) is 0 Å². The maximum absolute atomic E-state index is 11.8. The summed E-state index contributed by atoms with van der Waals surface area (Å²) in [7, 11) is 0. The minimum atomic E-state index is -1.06. The normalized spacial score (nSPS) is 10.3. The second-order valence-corrected chi connectivity index (χ2v) is 4.83. The molecule has 0 aliphatic heterocycles. The summed E-state index contributed by atoms with van der Waals surface area (Å²) >= 11 is 3.35. The van der Waals surface area contributed by atoms with Crippen LogP contribution in [0.15, 0.2) is 45.8 Å². The van der Waals surface area contributed by atoms with Gasteiger partial charge in [-0.1, -0.05) is 15.9 Å². The van der Waals surface area contributed by atoms with Crippen molar-refractivity contribution < 1.29 is 9.90 Å². The number of hydrogen-bond acceptors (Lipinski definition) is 2. The molecule has 0 aliphatic rings. The molecule has 1 aromatic carbocycles. The standard InChI is InChI=1S/C13H10BrNO3/c1-8-4-10(14)6-11(5-8)15-7-9(13(17)18)2-3-12(15)16/h2-7H,1H3,(H,17,18). The number of benzene rings is 1. The van der Waals surface area contributed by atoms with Crippen LogP contribution in [0.3, 0.4) is 0 Å². The van der Waals surface area contributed by atoms with Crippen molar-refractivity contribution in [2.45, 2.75) is 6.92 Å². The van der Waals surface area contributed by atoms with Gasteiger partial charge in [-0.3, -0.25) is 9.36 Å². The summed E-state index contributed by atoms with van der Waals surface area (Å²) < 4.78 is 2.16. The van der Waals surface area contributed by atoms with Crippen LogP contribution in [-0.2, 0) is 0 Å². The van der Waals surface area contributed by atoms with Crippen molar-refractivity contribution >= 4 is 21.9 Å². The largest absolute Gasteiger partial charge is 0.478 e. The Labute approximate surface area is 112 Å². The van der Waals surface area contributed by atoms with E-state index >= 15 is 0 Å². The van der Waals surface area contributed by atoms with Crippen LogP contribution in [0.4, 0.5) is 0 Å². The summed E-state index contributed by atoms with van der Waals surface area (Å²) in [4.78, 5) is 22.7. The average molecular weight is 308 g/mol. The lowest BCUT2D eigenvalue weighted by Gasteiger charge is -2.08. The Hall–Kier alpha value is -1.88. The summed E-state index contributed by atoms with van der Waals surface area (Å²) in [5, 5.41) is 8.93. The van der Waals surface area contributed by atoms with E-state index in [0.29, 0.717) is 5.69 Å². The van der Waals surface area contributed by atoms with Gasteiger partial charge in [0.05, 0.1) is 5.56 Å². The summed E-state index contributed by atoms with van der Waals surface area (Å²) in [6.07, 6.45) is 1.33. The van der Waals surface area contributed by atoms with Gasteiger partial charge in [0, 0.05) is 22.4 Å². The van der Waals surface area contributed by atoms with E-state index in [9.17, 15) is 9.59 Å². The van der Waals surface area contributed by atoms with Crippen LogP contribution in [0.2, 0.25) is 0 Å². The quantitative estimate of drug-likeness (QED) is 0.927. The van der Waals surface area contributed by atoms with E-state index in [1.165, 1.54) is 22.9 Å². The fourth-order valence-electron chi connectivity index (χ4n) is 1.67. The van der Waals surface area contributed by atoms with Gasteiger partial charge in [-0.2, -0.15) is 0 Å². The van der Waals surface area contributed by atoms with Crippen LogP contribution >= 0.6 is 15.9 Å². The van der Waals surface area contributed by atoms with Gasteiger partial charge in [-0.25, -0.2) is 4.79 Å². The van der Waals surface area contributed by atoms with Crippen molar-refractivity contribution in [3.8, 4) is 5.69 Å². The molecule has 0 fully saturated rings. The molecular formula is C13H10BrNO3. The zero-order valence-corrected chi connectivity index (χ0v) is 11.1. The Kier molecular flexibility index (Phi) is 3.34. The molecule has 0 unspecified atom stereocenters. The lowest BCUT2D eigenvalue weighted by atomic mass is 10.2. The van der Waals surface area contributed by atoms with Gasteiger partial charge in [0.15, 0.2) is 0 Å². The fraction of sp³-hybridized carbons (Fsp3) is 0.0769. The number of carboxylic acids is 1. The molecule has 1 N–H and O–H groups in total. The molecule has 2 rings (SSSR count). The van der Waals surface area contributed by atoms with Crippen molar-refractivity contribution in [2.24, 2.45) is 0 Å². The molecule has 0 saturated carbocycles. The summed E-state index contributed by atoms with van der Waals surface area (Å²) in [6.45, 7) is 1.90. The topological polar surface area (TPSA) is 59.3 Å². The number of carbonyl (C=O) groups is 1. The molecule has 0 bridgehead atoms. The predicted molar refractivity (Wildman–Crippen MR) is 71.4 cm³/mol. The van der Waals surface area contributed by atoms with Crippen molar-refractivity contribution in [1.82, 2.24) is 4.57 Å². The molecule has 2 aromatic rings. The molecule has 4 nitrogen and oxygen atoms in total. The number of aromatic carboxylic acids is 1. The number of carboxylic acid groups (broad SMARTS) is 1. The third-order valence-corrected chi connectivity index (χ3v) is 2.92. The van der Waals surface area contributed by atoms with E-state index in [4.69, 9.17) is 5.11 Å². The van der Waals surface area contributed by atoms with Crippen molar-refractivity contribution in [3.63, 3.8) is 0 Å². The van der Waals surface area contributed by atoms with Crippen LogP contribution < -0.4 is 5.56 Å². The average Bonchev–Trinajstić information content (AvgIpc) is 2.27. The molecular weight excluding hydrogens is 298 g/mol. The number of aromatic nitrogens is 1. The number of aryl methyl sites for hydroxylation is 1. The van der Waals surface area contributed by atoms with Crippen molar-refractivity contribution in [1.29, 1.82) is 0 Å². The highest BCUT2D eigenvalue weighted by Crippen LogP contribution is 2.17. The van der Waals surface area contributed by atoms with E-state index in [-0.39, 0.29) is 11.1 Å². The number of halogens is 1. The van der Waals surface area contributed by atoms with Gasteiger partial charge in [-0.15, -0.1) is 0 Å². The third-order valence-electron chi connectivity index (χ3n) is 2.46. The van der Waals surface area contributed by atoms with Gasteiger partial charge >= 0.3 is 5.97 Å². The molecule has 0 saturated heterocycles. The maximum atomic E-state index is 11.8. The smallest absolute Gasteiger partial charge is 0.337 e. The minimum absolute atomic E-state index is 0.0761. The maximum Gasteiger partial charge on any atom is 0.337 e. The molecule has 92 valence electrons. The second-order valence-electron chi connectivity index (χ2n) is 3.92. The summed E-state index contributed by atoms with van der Waals surface area (Å²) in [5.74, 6) is -1.06. The fourth-order valence-corrected chi connectivity index (χ4v) is 2.27. The molecule has 1 aromatic heterocycles. The lowest BCUT2D eigenvalue weighted by molar-refractivity contribution is 0.0696. The minimum Gasteiger partial charge on any atom is -0.478 e. The van der Waals surface area contributed by atoms with Crippen molar-refractivity contribution in [3.05, 3.63) is 62.5 Å². The molecule has 0 radical (unpaired) electrons. The molecule has 18 heavy (non-hydrogen) atoms. The number of rotatable bonds is 2. The van der Waals surface area contributed by atoms with Gasteiger partial charge in [0.1, 0.15) is 0 Å². The first kappa shape index (κ1) is 12.6. The first-order valence-corrected chi connectivity index (χ1v) is 6.00. The summed E-state index contributed by atoms with van der Waals surface area (Å²) in [5.41, 5.74) is 1.42. The first-order valence-electron chi connectivity index (χ1n) is 5.21. The molecule has 1 heterocycles. The Bertz CT molecular complexity index is 656. The Morgan fingerprint density at radius 2 is 2.00 bits per heavy atom. The van der Waals surface area contributed by atoms with E-state index in [0.717, 1.165) is 10.0 Å². The van der Waals surface area contributed by atoms with Gasteiger partial charge < -0.3 is 5.11 Å². The molecule has 0 aliphatic carbocycles. The van der Waals surface area contributed by atoms with E-state index < -0.39 is 5.97 Å². The van der Waals surface area contributed by atoms with Crippen LogP contribution in [0.25, 0.3) is 5.69 Å². The van der Waals surface area contributed by atoms with Crippen LogP contribution in [0, 0.1) is 6.92 Å². The molecule has 0 amide bonds. The monoisotopic (exact) mass is 307 g/mol. The first-order chi connectivity index (χ1) is 8.47. The van der Waals surface area contributed by atoms with Crippen LogP contribution in [-0.4, -0.2) is 15.6 Å². The predicted octanol–water partition coefficient (Wildman–Crippen LogP) is 2.61. The van der Waals surface area contributed by atoms with E-state index in [1.54, 1.807) is 6.07 Å². The van der Waals surface area contributed by atoms with E-state index in [2.05, 4.69) is 15.9 Å². The Morgan fingerprint density at radius 3 is 2.61 bits per heavy atom. The molecule has 0 spiro atoms. The SMILES string of the molecule is Cc1cc(Br)cc(-n2cc(C(=O)O)ccc2=O)c1. The van der Waals surface area contributed by atoms with E-state index in [1.807, 2.05) is 19.1 Å². The molecule has 0 atom stereocenters. The highest BCUT2D eigenvalue weighted by molar-refractivity contribution is 9.10. The number of hydrogen-bond donors (Lipinski definition) is 1. The van der Waals surface area contributed by atoms with Crippen LogP contribution in [0.5, 0.6) is 0 Å². The van der Waals surface area contributed by atoms with Gasteiger partial charge in [-0.05, 0) is 36.8 Å². The zero-order valence-electron chi connectivity index (χ0n) is 9.55. The zero-order chi connectivity index (χ0) is 13.3. The lowest BCUT2D eigenvalue weighted by Crippen LogP contribution is -2.18. The highest BCUT2D eigenvalue weighted by atomic mass is 79.9.